The first kappa shape index (κ1) is 13.3. The van der Waals surface area contributed by atoms with Crippen molar-refractivity contribution in [3.8, 4) is 0 Å². The molecule has 4 heteroatoms. The molecular formula is C17H16N2S2. The highest BCUT2D eigenvalue weighted by Gasteiger charge is 2.19. The summed E-state index contributed by atoms with van der Waals surface area (Å²) in [5, 5.41) is 4.85. The first-order chi connectivity index (χ1) is 10.4. The number of thioether (sulfide) groups is 1. The molecule has 0 spiro atoms. The van der Waals surface area contributed by atoms with Crippen LogP contribution < -0.4 is 5.32 Å². The molecule has 1 aliphatic heterocycles. The molecule has 2 heterocycles. The number of fused-ring (bicyclic) bond motifs is 2. The zero-order valence-electron chi connectivity index (χ0n) is 11.6. The Labute approximate surface area is 132 Å². The van der Waals surface area contributed by atoms with Crippen LogP contribution >= 0.6 is 23.1 Å². The van der Waals surface area contributed by atoms with Crippen molar-refractivity contribution in [3.05, 3.63) is 64.7 Å². The molecule has 2 aromatic carbocycles. The second-order valence-electron chi connectivity index (χ2n) is 5.22. The molecule has 0 fully saturated rings. The summed E-state index contributed by atoms with van der Waals surface area (Å²) in [6.45, 7) is 0.846. The molecule has 106 valence electrons. The average molecular weight is 312 g/mol. The summed E-state index contributed by atoms with van der Waals surface area (Å²) in [7, 11) is 0. The second-order valence-corrected chi connectivity index (χ2v) is 7.37. The monoisotopic (exact) mass is 312 g/mol. The summed E-state index contributed by atoms with van der Waals surface area (Å²) >= 11 is 3.79. The Morgan fingerprint density at radius 3 is 2.90 bits per heavy atom. The van der Waals surface area contributed by atoms with E-state index in [4.69, 9.17) is 4.98 Å². The predicted octanol–water partition coefficient (Wildman–Crippen LogP) is 4.37. The van der Waals surface area contributed by atoms with Gasteiger partial charge in [0.05, 0.1) is 10.2 Å². The third-order valence-electron chi connectivity index (χ3n) is 3.81. The molecule has 21 heavy (non-hydrogen) atoms. The Kier molecular flexibility index (Phi) is 3.67. The zero-order valence-corrected chi connectivity index (χ0v) is 13.2. The van der Waals surface area contributed by atoms with E-state index >= 15 is 0 Å². The van der Waals surface area contributed by atoms with E-state index in [9.17, 15) is 0 Å². The molecular weight excluding hydrogens is 296 g/mol. The Morgan fingerprint density at radius 1 is 1.10 bits per heavy atom. The van der Waals surface area contributed by atoms with Gasteiger partial charge in [-0.1, -0.05) is 36.4 Å². The quantitative estimate of drug-likeness (QED) is 0.777. The molecule has 1 aromatic heterocycles. The third kappa shape index (κ3) is 2.71. The number of nitrogens with zero attached hydrogens (tertiary/aromatic N) is 1. The molecule has 1 unspecified atom stereocenters. The second kappa shape index (κ2) is 5.79. The highest BCUT2D eigenvalue weighted by atomic mass is 32.2. The van der Waals surface area contributed by atoms with E-state index in [1.807, 2.05) is 17.8 Å². The molecule has 0 saturated carbocycles. The summed E-state index contributed by atoms with van der Waals surface area (Å²) in [5.74, 6) is 2.28. The molecule has 4 rings (SSSR count). The average Bonchev–Trinajstić information content (AvgIpc) is 2.96. The Morgan fingerprint density at radius 2 is 1.95 bits per heavy atom. The van der Waals surface area contributed by atoms with Crippen LogP contribution in [-0.2, 0) is 12.3 Å². The maximum absolute atomic E-state index is 4.70. The summed E-state index contributed by atoms with van der Waals surface area (Å²) in [5.41, 5.74) is 4.03. The first-order valence-electron chi connectivity index (χ1n) is 7.13. The van der Waals surface area contributed by atoms with Gasteiger partial charge in [0.25, 0.3) is 0 Å². The largest absolute Gasteiger partial charge is 0.303 e. The van der Waals surface area contributed by atoms with E-state index in [1.165, 1.54) is 20.8 Å². The molecule has 3 aromatic rings. The lowest BCUT2D eigenvalue weighted by molar-refractivity contribution is 0.574. The molecule has 1 atom stereocenters. The summed E-state index contributed by atoms with van der Waals surface area (Å²) < 4.78 is 1.27. The molecule has 0 radical (unpaired) electrons. The minimum atomic E-state index is 0.437. The minimum absolute atomic E-state index is 0.437. The summed E-state index contributed by atoms with van der Waals surface area (Å²) in [6, 6.07) is 17.6. The van der Waals surface area contributed by atoms with E-state index in [0.29, 0.717) is 6.04 Å². The van der Waals surface area contributed by atoms with Gasteiger partial charge < -0.3 is 5.32 Å². The molecule has 0 amide bonds. The van der Waals surface area contributed by atoms with E-state index in [1.54, 1.807) is 11.3 Å². The van der Waals surface area contributed by atoms with Crippen molar-refractivity contribution in [2.45, 2.75) is 18.3 Å². The standard InChI is InChI=1S/C17H16N2S2/c1-2-6-13-12(5-1)10-20-11-15(13)18-9-17-19-14-7-3-4-8-16(14)21-17/h1-8,15,18H,9-11H2. The van der Waals surface area contributed by atoms with Crippen molar-refractivity contribution in [3.63, 3.8) is 0 Å². The number of hydrogen-bond acceptors (Lipinski definition) is 4. The van der Waals surface area contributed by atoms with Crippen LogP contribution in [0.2, 0.25) is 0 Å². The van der Waals surface area contributed by atoms with Gasteiger partial charge >= 0.3 is 0 Å². The number of rotatable bonds is 3. The number of hydrogen-bond donors (Lipinski definition) is 1. The number of benzene rings is 2. The fourth-order valence-corrected chi connectivity index (χ4v) is 4.81. The van der Waals surface area contributed by atoms with Crippen molar-refractivity contribution in [1.82, 2.24) is 10.3 Å². The Hall–Kier alpha value is -1.36. The van der Waals surface area contributed by atoms with Gasteiger partial charge in [-0.25, -0.2) is 4.98 Å². The van der Waals surface area contributed by atoms with Gasteiger partial charge in [-0.15, -0.1) is 11.3 Å². The van der Waals surface area contributed by atoms with Gasteiger partial charge in [-0.05, 0) is 23.3 Å². The molecule has 0 aliphatic carbocycles. The SMILES string of the molecule is c1ccc2c(c1)CSCC2NCc1nc2ccccc2s1. The van der Waals surface area contributed by atoms with Crippen LogP contribution in [0.5, 0.6) is 0 Å². The van der Waals surface area contributed by atoms with E-state index < -0.39 is 0 Å². The van der Waals surface area contributed by atoms with Gasteiger partial charge in [-0.3, -0.25) is 0 Å². The van der Waals surface area contributed by atoms with Crippen LogP contribution in [0.3, 0.4) is 0 Å². The predicted molar refractivity (Wildman–Crippen MR) is 91.8 cm³/mol. The van der Waals surface area contributed by atoms with Crippen LogP contribution in [-0.4, -0.2) is 10.7 Å². The van der Waals surface area contributed by atoms with Crippen LogP contribution in [0.4, 0.5) is 0 Å². The van der Waals surface area contributed by atoms with Crippen LogP contribution in [0.15, 0.2) is 48.5 Å². The fraction of sp³-hybridized carbons (Fsp3) is 0.235. The van der Waals surface area contributed by atoms with E-state index in [-0.39, 0.29) is 0 Å². The lowest BCUT2D eigenvalue weighted by Crippen LogP contribution is -2.26. The summed E-state index contributed by atoms with van der Waals surface area (Å²) in [4.78, 5) is 4.70. The van der Waals surface area contributed by atoms with Crippen LogP contribution in [0.1, 0.15) is 22.2 Å². The van der Waals surface area contributed by atoms with Gasteiger partial charge in [0.1, 0.15) is 5.01 Å². The topological polar surface area (TPSA) is 24.9 Å². The Balaban J connectivity index is 1.52. The van der Waals surface area contributed by atoms with Crippen molar-refractivity contribution in [2.75, 3.05) is 5.75 Å². The van der Waals surface area contributed by atoms with E-state index in [0.717, 1.165) is 23.6 Å². The van der Waals surface area contributed by atoms with Crippen LogP contribution in [0, 0.1) is 0 Å². The maximum Gasteiger partial charge on any atom is 0.108 e. The maximum atomic E-state index is 4.70. The molecule has 2 nitrogen and oxygen atoms in total. The zero-order chi connectivity index (χ0) is 14.1. The van der Waals surface area contributed by atoms with Crippen molar-refractivity contribution >= 4 is 33.3 Å². The third-order valence-corrected chi connectivity index (χ3v) is 5.93. The number of para-hydroxylation sites is 1. The van der Waals surface area contributed by atoms with Gasteiger partial charge in [0, 0.05) is 24.1 Å². The first-order valence-corrected chi connectivity index (χ1v) is 9.10. The smallest absolute Gasteiger partial charge is 0.108 e. The van der Waals surface area contributed by atoms with Gasteiger partial charge in [0.2, 0.25) is 0 Å². The van der Waals surface area contributed by atoms with Crippen molar-refractivity contribution in [1.29, 1.82) is 0 Å². The molecule has 0 bridgehead atoms. The molecule has 1 N–H and O–H groups in total. The lowest BCUT2D eigenvalue weighted by Gasteiger charge is -2.25. The van der Waals surface area contributed by atoms with Crippen molar-refractivity contribution < 1.29 is 0 Å². The normalized spacial score (nSPS) is 17.8. The number of aromatic nitrogens is 1. The molecule has 1 aliphatic rings. The Bertz CT molecular complexity index is 733. The highest BCUT2D eigenvalue weighted by molar-refractivity contribution is 7.98. The molecule has 0 saturated heterocycles. The minimum Gasteiger partial charge on any atom is -0.303 e. The number of nitrogens with one attached hydrogen (secondary N) is 1. The lowest BCUT2D eigenvalue weighted by atomic mass is 10.0. The highest BCUT2D eigenvalue weighted by Crippen LogP contribution is 2.32. The van der Waals surface area contributed by atoms with Crippen LogP contribution in [0.25, 0.3) is 10.2 Å². The summed E-state index contributed by atoms with van der Waals surface area (Å²) in [6.07, 6.45) is 0. The van der Waals surface area contributed by atoms with Gasteiger partial charge in [-0.2, -0.15) is 11.8 Å². The van der Waals surface area contributed by atoms with Crippen molar-refractivity contribution in [2.24, 2.45) is 0 Å². The van der Waals surface area contributed by atoms with E-state index in [2.05, 4.69) is 47.8 Å². The van der Waals surface area contributed by atoms with Gasteiger partial charge in [0.15, 0.2) is 0 Å². The fourth-order valence-electron chi connectivity index (χ4n) is 2.76. The number of thiazole rings is 1.